The summed E-state index contributed by atoms with van der Waals surface area (Å²) in [4.78, 5) is 11.6. The molecule has 1 aromatic heterocycles. The van der Waals surface area contributed by atoms with E-state index in [-0.39, 0.29) is 0 Å². The van der Waals surface area contributed by atoms with E-state index in [4.69, 9.17) is 13.9 Å². The molecular weight excluding hydrogens is 232 g/mol. The molecule has 0 amide bonds. The monoisotopic (exact) mass is 246 g/mol. The number of carbonyl (C=O) groups is 1. The highest BCUT2D eigenvalue weighted by atomic mass is 16.6. The summed E-state index contributed by atoms with van der Waals surface area (Å²) in [5.74, 6) is -0.0641. The van der Waals surface area contributed by atoms with E-state index in [1.165, 1.54) is 7.11 Å². The Morgan fingerprint density at radius 1 is 1.44 bits per heavy atom. The molecule has 0 saturated carbocycles. The van der Waals surface area contributed by atoms with Gasteiger partial charge in [-0.05, 0) is 18.6 Å². The van der Waals surface area contributed by atoms with Gasteiger partial charge in [0.15, 0.2) is 5.58 Å². The van der Waals surface area contributed by atoms with Gasteiger partial charge in [-0.15, -0.1) is 0 Å². The lowest BCUT2D eigenvalue weighted by Gasteiger charge is -2.01. The minimum absolute atomic E-state index is 0.365. The molecule has 0 fully saturated rings. The Labute approximate surface area is 105 Å². The van der Waals surface area contributed by atoms with Gasteiger partial charge < -0.3 is 13.9 Å². The molecule has 0 spiro atoms. The predicted octanol–water partition coefficient (Wildman–Crippen LogP) is 3.17. The van der Waals surface area contributed by atoms with Crippen LogP contribution in [0.3, 0.4) is 0 Å². The summed E-state index contributed by atoms with van der Waals surface area (Å²) < 4.78 is 15.6. The Bertz CT molecular complexity index is 595. The quantitative estimate of drug-likeness (QED) is 0.614. The molecule has 1 aromatic carbocycles. The number of ether oxygens (including phenoxy) is 2. The number of esters is 1. The third-order valence-electron chi connectivity index (χ3n) is 2.39. The summed E-state index contributed by atoms with van der Waals surface area (Å²) in [5.41, 5.74) is 1.75. The van der Waals surface area contributed by atoms with E-state index in [0.717, 1.165) is 11.0 Å². The van der Waals surface area contributed by atoms with Crippen molar-refractivity contribution in [2.24, 2.45) is 0 Å². The summed E-state index contributed by atoms with van der Waals surface area (Å²) in [6.45, 7) is 5.99. The molecule has 0 N–H and O–H groups in total. The van der Waals surface area contributed by atoms with Crippen molar-refractivity contribution in [1.29, 1.82) is 0 Å². The molecule has 0 aliphatic carbocycles. The predicted molar refractivity (Wildman–Crippen MR) is 67.9 cm³/mol. The van der Waals surface area contributed by atoms with E-state index in [9.17, 15) is 4.79 Å². The lowest BCUT2D eigenvalue weighted by atomic mass is 10.1. The summed E-state index contributed by atoms with van der Waals surface area (Å²) in [6, 6.07) is 7.01. The van der Waals surface area contributed by atoms with Crippen LogP contribution in [-0.2, 0) is 4.74 Å². The maximum absolute atomic E-state index is 11.6. The van der Waals surface area contributed by atoms with Crippen LogP contribution in [-0.4, -0.2) is 19.7 Å². The van der Waals surface area contributed by atoms with Crippen LogP contribution >= 0.6 is 0 Å². The molecule has 0 aliphatic heterocycles. The van der Waals surface area contributed by atoms with Crippen molar-refractivity contribution in [2.45, 2.75) is 6.92 Å². The molecule has 94 valence electrons. The standard InChI is InChI=1S/C14H14O4/c1-9(2)8-17-12-7-10-5-4-6-11(13(10)18-12)14(15)16-3/h4-7H,1,8H2,2-3H3. The molecule has 0 bridgehead atoms. The van der Waals surface area contributed by atoms with Crippen LogP contribution < -0.4 is 4.74 Å². The molecule has 0 saturated heterocycles. The number of methoxy groups -OCH3 is 1. The minimum Gasteiger partial charge on any atom is -0.465 e. The first-order valence-corrected chi connectivity index (χ1v) is 5.50. The smallest absolute Gasteiger partial charge is 0.341 e. The van der Waals surface area contributed by atoms with Crippen molar-refractivity contribution in [3.8, 4) is 5.95 Å². The van der Waals surface area contributed by atoms with Crippen molar-refractivity contribution < 1.29 is 18.7 Å². The van der Waals surface area contributed by atoms with E-state index in [1.54, 1.807) is 18.2 Å². The summed E-state index contributed by atoms with van der Waals surface area (Å²) >= 11 is 0. The molecule has 0 aliphatic rings. The molecule has 1 heterocycles. The molecule has 2 rings (SSSR count). The van der Waals surface area contributed by atoms with Crippen molar-refractivity contribution >= 4 is 16.9 Å². The Hall–Kier alpha value is -2.23. The summed E-state index contributed by atoms with van der Waals surface area (Å²) in [5, 5.41) is 0.801. The first kappa shape index (κ1) is 12.2. The van der Waals surface area contributed by atoms with Crippen LogP contribution in [0, 0.1) is 0 Å². The van der Waals surface area contributed by atoms with Gasteiger partial charge in [0.05, 0.1) is 7.11 Å². The van der Waals surface area contributed by atoms with Crippen molar-refractivity contribution in [2.75, 3.05) is 13.7 Å². The van der Waals surface area contributed by atoms with Crippen molar-refractivity contribution in [1.82, 2.24) is 0 Å². The number of rotatable bonds is 4. The Morgan fingerprint density at radius 3 is 2.89 bits per heavy atom. The van der Waals surface area contributed by atoms with Crippen LogP contribution in [0.1, 0.15) is 17.3 Å². The topological polar surface area (TPSA) is 48.7 Å². The largest absolute Gasteiger partial charge is 0.465 e. The third kappa shape index (κ3) is 2.37. The fourth-order valence-electron chi connectivity index (χ4n) is 1.58. The van der Waals surface area contributed by atoms with Gasteiger partial charge in [-0.25, -0.2) is 4.79 Å². The van der Waals surface area contributed by atoms with Gasteiger partial charge in [0.1, 0.15) is 12.2 Å². The van der Waals surface area contributed by atoms with Gasteiger partial charge >= 0.3 is 5.97 Å². The Kier molecular flexibility index (Phi) is 3.37. The Balaban J connectivity index is 2.38. The number of benzene rings is 1. The van der Waals surface area contributed by atoms with Crippen LogP contribution in [0.4, 0.5) is 0 Å². The molecule has 0 atom stereocenters. The van der Waals surface area contributed by atoms with E-state index < -0.39 is 5.97 Å². The van der Waals surface area contributed by atoms with E-state index >= 15 is 0 Å². The highest BCUT2D eigenvalue weighted by molar-refractivity contribution is 6.02. The first-order valence-electron chi connectivity index (χ1n) is 5.50. The highest BCUT2D eigenvalue weighted by Gasteiger charge is 2.15. The fraction of sp³-hybridized carbons (Fsp3) is 0.214. The maximum Gasteiger partial charge on any atom is 0.341 e. The van der Waals surface area contributed by atoms with E-state index in [1.807, 2.05) is 13.0 Å². The third-order valence-corrected chi connectivity index (χ3v) is 2.39. The Morgan fingerprint density at radius 2 is 2.22 bits per heavy atom. The van der Waals surface area contributed by atoms with Crippen LogP contribution in [0.2, 0.25) is 0 Å². The van der Waals surface area contributed by atoms with Crippen LogP contribution in [0.15, 0.2) is 40.8 Å². The average Bonchev–Trinajstić information content (AvgIpc) is 2.77. The summed E-state index contributed by atoms with van der Waals surface area (Å²) in [6.07, 6.45) is 0. The van der Waals surface area contributed by atoms with Crippen molar-refractivity contribution in [3.05, 3.63) is 42.0 Å². The normalized spacial score (nSPS) is 10.3. The number of para-hydroxylation sites is 1. The number of furan rings is 1. The zero-order valence-corrected chi connectivity index (χ0v) is 10.4. The number of fused-ring (bicyclic) bond motifs is 1. The zero-order chi connectivity index (χ0) is 13.1. The van der Waals surface area contributed by atoms with Gasteiger partial charge in [-0.2, -0.15) is 0 Å². The van der Waals surface area contributed by atoms with Gasteiger partial charge in [-0.1, -0.05) is 18.7 Å². The maximum atomic E-state index is 11.6. The van der Waals surface area contributed by atoms with Gasteiger partial charge in [-0.3, -0.25) is 0 Å². The van der Waals surface area contributed by atoms with Crippen molar-refractivity contribution in [3.63, 3.8) is 0 Å². The van der Waals surface area contributed by atoms with Gasteiger partial charge in [0.2, 0.25) is 0 Å². The zero-order valence-electron chi connectivity index (χ0n) is 10.4. The molecule has 4 nitrogen and oxygen atoms in total. The second-order valence-electron chi connectivity index (χ2n) is 4.03. The SMILES string of the molecule is C=C(C)COc1cc2cccc(C(=O)OC)c2o1. The molecular formula is C14H14O4. The highest BCUT2D eigenvalue weighted by Crippen LogP contribution is 2.28. The second-order valence-corrected chi connectivity index (χ2v) is 4.03. The lowest BCUT2D eigenvalue weighted by Crippen LogP contribution is -2.00. The van der Waals surface area contributed by atoms with Crippen LogP contribution in [0.25, 0.3) is 11.0 Å². The molecule has 4 heteroatoms. The number of hydrogen-bond donors (Lipinski definition) is 0. The van der Waals surface area contributed by atoms with Crippen LogP contribution in [0.5, 0.6) is 5.95 Å². The van der Waals surface area contributed by atoms with Gasteiger partial charge in [0, 0.05) is 11.5 Å². The van der Waals surface area contributed by atoms with E-state index in [0.29, 0.717) is 23.7 Å². The molecule has 0 radical (unpaired) electrons. The second kappa shape index (κ2) is 4.96. The lowest BCUT2D eigenvalue weighted by molar-refractivity contribution is 0.0601. The average molecular weight is 246 g/mol. The first-order chi connectivity index (χ1) is 8.61. The minimum atomic E-state index is -0.429. The molecule has 2 aromatic rings. The number of hydrogen-bond acceptors (Lipinski definition) is 4. The molecule has 0 unspecified atom stereocenters. The number of carbonyl (C=O) groups excluding carboxylic acids is 1. The van der Waals surface area contributed by atoms with E-state index in [2.05, 4.69) is 6.58 Å². The fourth-order valence-corrected chi connectivity index (χ4v) is 1.58. The van der Waals surface area contributed by atoms with Gasteiger partial charge in [0.25, 0.3) is 5.95 Å². The molecule has 18 heavy (non-hydrogen) atoms. The summed E-state index contributed by atoms with van der Waals surface area (Å²) in [7, 11) is 1.34.